The predicted octanol–water partition coefficient (Wildman–Crippen LogP) is 1.70. The molecule has 6 heteroatoms. The fraction of sp³-hybridized carbons (Fsp3) is 0.933. The van der Waals surface area contributed by atoms with Crippen LogP contribution in [0.1, 0.15) is 46.0 Å². The highest BCUT2D eigenvalue weighted by Gasteiger charge is 2.37. The number of carbonyl (C=O) groups is 1. The van der Waals surface area contributed by atoms with Crippen molar-refractivity contribution in [3.05, 3.63) is 0 Å². The molecular formula is C15H28N2O3S. The van der Waals surface area contributed by atoms with E-state index in [0.29, 0.717) is 37.9 Å². The number of amides is 1. The molecular weight excluding hydrogens is 288 g/mol. The van der Waals surface area contributed by atoms with E-state index >= 15 is 0 Å². The zero-order chi connectivity index (χ0) is 15.6. The molecule has 0 aromatic carbocycles. The molecule has 0 aromatic rings. The van der Waals surface area contributed by atoms with Crippen LogP contribution in [-0.4, -0.2) is 55.5 Å². The van der Waals surface area contributed by atoms with Gasteiger partial charge in [-0.2, -0.15) is 0 Å². The minimum Gasteiger partial charge on any atom is -0.339 e. The third-order valence-electron chi connectivity index (χ3n) is 4.49. The van der Waals surface area contributed by atoms with Gasteiger partial charge < -0.3 is 4.90 Å². The molecule has 0 N–H and O–H groups in total. The largest absolute Gasteiger partial charge is 0.339 e. The first-order valence-electron chi connectivity index (χ1n) is 8.04. The number of nitrogens with zero attached hydrogens (tertiary/aromatic N) is 2. The summed E-state index contributed by atoms with van der Waals surface area (Å²) in [7, 11) is -3.11. The maximum absolute atomic E-state index is 12.7. The summed E-state index contributed by atoms with van der Waals surface area (Å²) in [5, 5.41) is 0. The number of piperidine rings is 1. The second-order valence-corrected chi connectivity index (χ2v) is 8.86. The van der Waals surface area contributed by atoms with Crippen molar-refractivity contribution in [2.75, 3.05) is 25.9 Å². The topological polar surface area (TPSA) is 57.7 Å². The summed E-state index contributed by atoms with van der Waals surface area (Å²) in [6.07, 6.45) is 5.88. The molecule has 0 spiro atoms. The monoisotopic (exact) mass is 316 g/mol. The van der Waals surface area contributed by atoms with Crippen molar-refractivity contribution in [1.29, 1.82) is 0 Å². The van der Waals surface area contributed by atoms with Gasteiger partial charge in [0.25, 0.3) is 0 Å². The minimum absolute atomic E-state index is 0.00997. The van der Waals surface area contributed by atoms with Gasteiger partial charge in [-0.1, -0.05) is 13.8 Å². The number of hydrogen-bond donors (Lipinski definition) is 0. The molecule has 2 fully saturated rings. The van der Waals surface area contributed by atoms with Gasteiger partial charge in [0.05, 0.1) is 6.26 Å². The van der Waals surface area contributed by atoms with Crippen molar-refractivity contribution in [3.8, 4) is 0 Å². The molecule has 0 radical (unpaired) electrons. The average molecular weight is 316 g/mol. The maximum Gasteiger partial charge on any atom is 0.226 e. The van der Waals surface area contributed by atoms with Crippen LogP contribution in [0, 0.1) is 11.8 Å². The van der Waals surface area contributed by atoms with Gasteiger partial charge in [-0.25, -0.2) is 12.7 Å². The Kier molecular flexibility index (Phi) is 5.30. The van der Waals surface area contributed by atoms with Crippen LogP contribution in [0.2, 0.25) is 0 Å². The maximum atomic E-state index is 12.7. The highest BCUT2D eigenvalue weighted by atomic mass is 32.2. The van der Waals surface area contributed by atoms with E-state index in [9.17, 15) is 13.2 Å². The fourth-order valence-electron chi connectivity index (χ4n) is 2.93. The molecule has 1 saturated heterocycles. The Bertz CT molecular complexity index is 463. The molecule has 2 aliphatic rings. The van der Waals surface area contributed by atoms with Gasteiger partial charge in [0.2, 0.25) is 15.9 Å². The Morgan fingerprint density at radius 1 is 1.19 bits per heavy atom. The smallest absolute Gasteiger partial charge is 0.226 e. The van der Waals surface area contributed by atoms with E-state index in [-0.39, 0.29) is 11.8 Å². The van der Waals surface area contributed by atoms with Gasteiger partial charge in [-0.15, -0.1) is 0 Å². The first-order valence-corrected chi connectivity index (χ1v) is 9.89. The molecule has 0 bridgehead atoms. The van der Waals surface area contributed by atoms with Crippen molar-refractivity contribution in [1.82, 2.24) is 9.21 Å². The summed E-state index contributed by atoms with van der Waals surface area (Å²) in [5.74, 6) is 0.869. The van der Waals surface area contributed by atoms with Gasteiger partial charge >= 0.3 is 0 Å². The third kappa shape index (κ3) is 4.68. The number of rotatable bonds is 6. The Hall–Kier alpha value is -0.620. The predicted molar refractivity (Wildman–Crippen MR) is 83.3 cm³/mol. The van der Waals surface area contributed by atoms with E-state index in [1.165, 1.54) is 10.6 Å². The van der Waals surface area contributed by atoms with Crippen LogP contribution < -0.4 is 0 Å². The van der Waals surface area contributed by atoms with Gasteiger partial charge in [-0.3, -0.25) is 4.79 Å². The second-order valence-electron chi connectivity index (χ2n) is 6.88. The van der Waals surface area contributed by atoms with Crippen LogP contribution in [0.15, 0.2) is 0 Å². The quantitative estimate of drug-likeness (QED) is 0.749. The van der Waals surface area contributed by atoms with Gasteiger partial charge in [-0.05, 0) is 38.0 Å². The molecule has 122 valence electrons. The van der Waals surface area contributed by atoms with E-state index in [4.69, 9.17) is 0 Å². The second kappa shape index (κ2) is 6.65. The van der Waals surface area contributed by atoms with E-state index < -0.39 is 10.0 Å². The van der Waals surface area contributed by atoms with Gasteiger partial charge in [0.15, 0.2) is 0 Å². The molecule has 2 rings (SSSR count). The first kappa shape index (κ1) is 16.7. The van der Waals surface area contributed by atoms with Crippen molar-refractivity contribution in [2.24, 2.45) is 11.8 Å². The van der Waals surface area contributed by atoms with Crippen LogP contribution in [0.4, 0.5) is 0 Å². The molecule has 1 saturated carbocycles. The Balaban J connectivity index is 1.90. The van der Waals surface area contributed by atoms with E-state index in [0.717, 1.165) is 25.8 Å². The van der Waals surface area contributed by atoms with Crippen LogP contribution in [-0.2, 0) is 14.8 Å². The Morgan fingerprint density at radius 3 is 2.19 bits per heavy atom. The molecule has 5 nitrogen and oxygen atoms in total. The molecule has 1 aliphatic heterocycles. The highest BCUT2D eigenvalue weighted by Crippen LogP contribution is 2.31. The number of sulfonamides is 1. The molecule has 1 aliphatic carbocycles. The van der Waals surface area contributed by atoms with E-state index in [1.807, 2.05) is 0 Å². The highest BCUT2D eigenvalue weighted by molar-refractivity contribution is 7.88. The van der Waals surface area contributed by atoms with Crippen molar-refractivity contribution in [2.45, 2.75) is 52.0 Å². The lowest BCUT2D eigenvalue weighted by molar-refractivity contribution is -0.137. The molecule has 21 heavy (non-hydrogen) atoms. The van der Waals surface area contributed by atoms with Gasteiger partial charge in [0, 0.05) is 31.6 Å². The molecule has 1 amide bonds. The lowest BCUT2D eigenvalue weighted by Crippen LogP contribution is -2.45. The fourth-order valence-corrected chi connectivity index (χ4v) is 3.80. The number of hydrogen-bond acceptors (Lipinski definition) is 3. The SMILES string of the molecule is CC(C)CCN(C(=O)C1CCN(S(C)(=O)=O)CC1)C1CC1. The Labute approximate surface area is 128 Å². The van der Waals surface area contributed by atoms with Crippen molar-refractivity contribution >= 4 is 15.9 Å². The van der Waals surface area contributed by atoms with Crippen LogP contribution in [0.25, 0.3) is 0 Å². The standard InChI is InChI=1S/C15H28N2O3S/c1-12(2)6-11-17(14-4-5-14)15(18)13-7-9-16(10-8-13)21(3,19)20/h12-14H,4-11H2,1-3H3. The summed E-state index contributed by atoms with van der Waals surface area (Å²) in [6.45, 7) is 6.18. The first-order chi connectivity index (χ1) is 9.79. The summed E-state index contributed by atoms with van der Waals surface area (Å²) in [6, 6.07) is 0.448. The summed E-state index contributed by atoms with van der Waals surface area (Å²) >= 11 is 0. The number of carbonyl (C=O) groups excluding carboxylic acids is 1. The molecule has 0 aromatic heterocycles. The zero-order valence-electron chi connectivity index (χ0n) is 13.4. The summed E-state index contributed by atoms with van der Waals surface area (Å²) < 4.78 is 24.5. The van der Waals surface area contributed by atoms with Crippen LogP contribution in [0.5, 0.6) is 0 Å². The van der Waals surface area contributed by atoms with E-state index in [1.54, 1.807) is 0 Å². The normalized spacial score (nSPS) is 21.7. The molecule has 1 heterocycles. The summed E-state index contributed by atoms with van der Waals surface area (Å²) in [4.78, 5) is 14.8. The van der Waals surface area contributed by atoms with Crippen LogP contribution in [0.3, 0.4) is 0 Å². The molecule has 0 atom stereocenters. The van der Waals surface area contributed by atoms with E-state index in [2.05, 4.69) is 18.7 Å². The minimum atomic E-state index is -3.11. The average Bonchev–Trinajstić information content (AvgIpc) is 3.22. The molecule has 0 unspecified atom stereocenters. The lowest BCUT2D eigenvalue weighted by Gasteiger charge is -2.33. The Morgan fingerprint density at radius 2 is 1.76 bits per heavy atom. The van der Waals surface area contributed by atoms with Gasteiger partial charge in [0.1, 0.15) is 0 Å². The third-order valence-corrected chi connectivity index (χ3v) is 5.79. The van der Waals surface area contributed by atoms with Crippen molar-refractivity contribution in [3.63, 3.8) is 0 Å². The lowest BCUT2D eigenvalue weighted by atomic mass is 9.96. The summed E-state index contributed by atoms with van der Waals surface area (Å²) in [5.41, 5.74) is 0. The van der Waals surface area contributed by atoms with Crippen LogP contribution >= 0.6 is 0 Å². The van der Waals surface area contributed by atoms with Crippen molar-refractivity contribution < 1.29 is 13.2 Å². The zero-order valence-corrected chi connectivity index (χ0v) is 14.2.